The molecule has 0 spiro atoms. The fourth-order valence-electron chi connectivity index (χ4n) is 4.22. The number of amides is 1. The van der Waals surface area contributed by atoms with Crippen molar-refractivity contribution in [3.8, 4) is 11.4 Å². The second-order valence-corrected chi connectivity index (χ2v) is 8.30. The largest absolute Gasteiger partial charge is 0.497 e. The molecule has 2 aromatic carbocycles. The summed E-state index contributed by atoms with van der Waals surface area (Å²) in [6, 6.07) is 14.7. The standard InChI is InChI=1S/C25H29FN4O2/c1-28(16-19-15-27-30(17-19)22-7-5-8-23(14-22)32-2)21-10-11-25(31)29(13-12-21)18-20-6-3-4-9-24(20)26/h3-9,14-15,17,21H,10-13,16,18H2,1-2H3/t21-/m1/s1. The van der Waals surface area contributed by atoms with Crippen LogP contribution in [0.4, 0.5) is 4.39 Å². The molecule has 0 unspecified atom stereocenters. The topological polar surface area (TPSA) is 50.6 Å². The first-order valence-corrected chi connectivity index (χ1v) is 10.9. The van der Waals surface area contributed by atoms with Crippen LogP contribution in [0.1, 0.15) is 30.4 Å². The molecule has 0 N–H and O–H groups in total. The fraction of sp³-hybridized carbons (Fsp3) is 0.360. The van der Waals surface area contributed by atoms with Gasteiger partial charge < -0.3 is 9.64 Å². The zero-order valence-electron chi connectivity index (χ0n) is 18.6. The molecular formula is C25H29FN4O2. The number of halogens is 1. The Morgan fingerprint density at radius 2 is 2.03 bits per heavy atom. The Labute approximate surface area is 188 Å². The molecule has 1 aliphatic heterocycles. The minimum atomic E-state index is -0.258. The smallest absolute Gasteiger partial charge is 0.222 e. The first kappa shape index (κ1) is 22.0. The van der Waals surface area contributed by atoms with Gasteiger partial charge in [-0.1, -0.05) is 24.3 Å². The number of hydrogen-bond donors (Lipinski definition) is 0. The molecule has 2 heterocycles. The van der Waals surface area contributed by atoms with Crippen molar-refractivity contribution in [2.75, 3.05) is 20.7 Å². The van der Waals surface area contributed by atoms with Crippen molar-refractivity contribution < 1.29 is 13.9 Å². The molecule has 7 heteroatoms. The molecule has 0 radical (unpaired) electrons. The van der Waals surface area contributed by atoms with Crippen LogP contribution in [0.2, 0.25) is 0 Å². The Balaban J connectivity index is 1.37. The van der Waals surface area contributed by atoms with E-state index in [-0.39, 0.29) is 17.8 Å². The van der Waals surface area contributed by atoms with Crippen molar-refractivity contribution >= 4 is 5.91 Å². The van der Waals surface area contributed by atoms with E-state index in [1.165, 1.54) is 6.07 Å². The predicted octanol–water partition coefficient (Wildman–Crippen LogP) is 4.03. The average Bonchev–Trinajstić information content (AvgIpc) is 3.19. The highest BCUT2D eigenvalue weighted by molar-refractivity contribution is 5.76. The van der Waals surface area contributed by atoms with Crippen LogP contribution in [0.15, 0.2) is 60.9 Å². The van der Waals surface area contributed by atoms with E-state index in [4.69, 9.17) is 4.74 Å². The third kappa shape index (κ3) is 5.16. The summed E-state index contributed by atoms with van der Waals surface area (Å²) in [5.41, 5.74) is 2.62. The van der Waals surface area contributed by atoms with E-state index in [2.05, 4.69) is 17.0 Å². The molecule has 1 saturated heterocycles. The van der Waals surface area contributed by atoms with Crippen molar-refractivity contribution in [3.63, 3.8) is 0 Å². The summed E-state index contributed by atoms with van der Waals surface area (Å²) in [5, 5.41) is 4.49. The summed E-state index contributed by atoms with van der Waals surface area (Å²) in [5.74, 6) is 0.626. The van der Waals surface area contributed by atoms with E-state index in [0.717, 1.165) is 36.4 Å². The van der Waals surface area contributed by atoms with E-state index < -0.39 is 0 Å². The maximum atomic E-state index is 14.0. The number of aromatic nitrogens is 2. The normalized spacial score (nSPS) is 16.9. The zero-order chi connectivity index (χ0) is 22.5. The zero-order valence-corrected chi connectivity index (χ0v) is 18.6. The highest BCUT2D eigenvalue weighted by Crippen LogP contribution is 2.22. The second kappa shape index (κ2) is 9.96. The molecule has 0 aliphatic carbocycles. The Morgan fingerprint density at radius 3 is 2.84 bits per heavy atom. The Hall–Kier alpha value is -3.19. The van der Waals surface area contributed by atoms with Gasteiger partial charge in [-0.05, 0) is 38.1 Å². The first-order chi connectivity index (χ1) is 15.5. The lowest BCUT2D eigenvalue weighted by Crippen LogP contribution is -2.33. The highest BCUT2D eigenvalue weighted by atomic mass is 19.1. The van der Waals surface area contributed by atoms with Gasteiger partial charge in [0.15, 0.2) is 0 Å². The van der Waals surface area contributed by atoms with Gasteiger partial charge in [-0.25, -0.2) is 9.07 Å². The fourth-order valence-corrected chi connectivity index (χ4v) is 4.22. The minimum Gasteiger partial charge on any atom is -0.497 e. The quantitative estimate of drug-likeness (QED) is 0.561. The van der Waals surface area contributed by atoms with E-state index in [0.29, 0.717) is 25.1 Å². The van der Waals surface area contributed by atoms with Gasteiger partial charge in [0.1, 0.15) is 11.6 Å². The van der Waals surface area contributed by atoms with Crippen molar-refractivity contribution in [1.82, 2.24) is 19.6 Å². The number of hydrogen-bond acceptors (Lipinski definition) is 4. The number of rotatable bonds is 7. The average molecular weight is 437 g/mol. The van der Waals surface area contributed by atoms with Gasteiger partial charge in [0, 0.05) is 55.5 Å². The van der Waals surface area contributed by atoms with Gasteiger partial charge >= 0.3 is 0 Å². The monoisotopic (exact) mass is 436 g/mol. The molecule has 1 aliphatic rings. The Morgan fingerprint density at radius 1 is 1.19 bits per heavy atom. The molecule has 0 bridgehead atoms. The van der Waals surface area contributed by atoms with Gasteiger partial charge in [-0.3, -0.25) is 9.69 Å². The van der Waals surface area contributed by atoms with Crippen LogP contribution in [0, 0.1) is 5.82 Å². The molecule has 1 fully saturated rings. The van der Waals surface area contributed by atoms with Crippen LogP contribution in [-0.2, 0) is 17.9 Å². The molecule has 3 aromatic rings. The summed E-state index contributed by atoms with van der Waals surface area (Å²) in [6.07, 6.45) is 6.04. The first-order valence-electron chi connectivity index (χ1n) is 10.9. The summed E-state index contributed by atoms with van der Waals surface area (Å²) < 4.78 is 21.2. The van der Waals surface area contributed by atoms with E-state index in [1.807, 2.05) is 47.4 Å². The van der Waals surface area contributed by atoms with Crippen molar-refractivity contribution in [1.29, 1.82) is 0 Å². The van der Waals surface area contributed by atoms with Gasteiger partial charge in [0.05, 0.1) is 19.0 Å². The van der Waals surface area contributed by atoms with Crippen LogP contribution in [0.5, 0.6) is 5.75 Å². The van der Waals surface area contributed by atoms with Crippen LogP contribution in [-0.4, -0.2) is 52.2 Å². The summed E-state index contributed by atoms with van der Waals surface area (Å²) >= 11 is 0. The molecule has 1 amide bonds. The van der Waals surface area contributed by atoms with Gasteiger partial charge in [0.25, 0.3) is 0 Å². The number of likely N-dealkylation sites (tertiary alicyclic amines) is 1. The molecular weight excluding hydrogens is 407 g/mol. The van der Waals surface area contributed by atoms with Crippen molar-refractivity contribution in [2.24, 2.45) is 0 Å². The van der Waals surface area contributed by atoms with Crippen molar-refractivity contribution in [2.45, 2.75) is 38.4 Å². The molecule has 1 atom stereocenters. The third-order valence-electron chi connectivity index (χ3n) is 6.10. The maximum absolute atomic E-state index is 14.0. The lowest BCUT2D eigenvalue weighted by atomic mass is 10.1. The Bertz CT molecular complexity index is 1070. The molecule has 0 saturated carbocycles. The third-order valence-corrected chi connectivity index (χ3v) is 6.10. The van der Waals surface area contributed by atoms with Crippen molar-refractivity contribution in [3.05, 3.63) is 77.9 Å². The van der Waals surface area contributed by atoms with Gasteiger partial charge in [0.2, 0.25) is 5.91 Å². The molecule has 6 nitrogen and oxygen atoms in total. The van der Waals surface area contributed by atoms with E-state index in [9.17, 15) is 9.18 Å². The molecule has 168 valence electrons. The number of carbonyl (C=O) groups excluding carboxylic acids is 1. The van der Waals surface area contributed by atoms with Crippen LogP contribution in [0.25, 0.3) is 5.69 Å². The number of methoxy groups -OCH3 is 1. The summed E-state index contributed by atoms with van der Waals surface area (Å²) in [6.45, 7) is 1.70. The minimum absolute atomic E-state index is 0.0926. The predicted molar refractivity (Wildman–Crippen MR) is 121 cm³/mol. The molecule has 32 heavy (non-hydrogen) atoms. The SMILES string of the molecule is COc1cccc(-n2cc(CN(C)[C@@H]3CCC(=O)N(Cc4ccccc4F)CC3)cn2)c1. The summed E-state index contributed by atoms with van der Waals surface area (Å²) in [7, 11) is 3.74. The Kier molecular flexibility index (Phi) is 6.85. The van der Waals surface area contributed by atoms with Gasteiger partial charge in [-0.15, -0.1) is 0 Å². The van der Waals surface area contributed by atoms with E-state index in [1.54, 1.807) is 24.1 Å². The van der Waals surface area contributed by atoms with Gasteiger partial charge in [-0.2, -0.15) is 5.10 Å². The van der Waals surface area contributed by atoms with Crippen LogP contribution in [0.3, 0.4) is 0 Å². The summed E-state index contributed by atoms with van der Waals surface area (Å²) in [4.78, 5) is 16.7. The molecule has 4 rings (SSSR count). The van der Waals surface area contributed by atoms with Crippen LogP contribution < -0.4 is 4.74 Å². The second-order valence-electron chi connectivity index (χ2n) is 8.30. The highest BCUT2D eigenvalue weighted by Gasteiger charge is 2.25. The number of ether oxygens (including phenoxy) is 1. The number of carbonyl (C=O) groups is 1. The number of nitrogens with zero attached hydrogens (tertiary/aromatic N) is 4. The van der Waals surface area contributed by atoms with Crippen LogP contribution >= 0.6 is 0 Å². The van der Waals surface area contributed by atoms with E-state index >= 15 is 0 Å². The lowest BCUT2D eigenvalue weighted by molar-refractivity contribution is -0.131. The molecule has 1 aromatic heterocycles. The maximum Gasteiger partial charge on any atom is 0.222 e. The lowest BCUT2D eigenvalue weighted by Gasteiger charge is -2.26. The number of benzene rings is 2.